The van der Waals surface area contributed by atoms with Crippen LogP contribution in [0.25, 0.3) is 0 Å². The molecule has 3 aromatic rings. The molecule has 2 amide bonds. The summed E-state index contributed by atoms with van der Waals surface area (Å²) in [5, 5.41) is 13.5. The van der Waals surface area contributed by atoms with Gasteiger partial charge in [0.1, 0.15) is 0 Å². The van der Waals surface area contributed by atoms with Crippen molar-refractivity contribution in [2.45, 2.75) is 94.8 Å². The quantitative estimate of drug-likeness (QED) is 0.225. The molecule has 6 heteroatoms. The molecule has 2 unspecified atom stereocenters. The van der Waals surface area contributed by atoms with Gasteiger partial charge in [-0.05, 0) is 99.9 Å². The molecule has 228 valence electrons. The van der Waals surface area contributed by atoms with Gasteiger partial charge in [-0.25, -0.2) is 4.79 Å². The normalized spacial score (nSPS) is 22.8. The molecule has 3 aromatic carbocycles. The van der Waals surface area contributed by atoms with E-state index in [1.165, 1.54) is 49.8 Å². The Kier molecular flexibility index (Phi) is 10.2. The third kappa shape index (κ3) is 7.66. The van der Waals surface area contributed by atoms with Gasteiger partial charge < -0.3 is 15.7 Å². The Balaban J connectivity index is 0.00000118. The Hall–Kier alpha value is -3.64. The van der Waals surface area contributed by atoms with Gasteiger partial charge in [-0.15, -0.1) is 0 Å². The van der Waals surface area contributed by atoms with Crippen LogP contribution in [0.3, 0.4) is 0 Å². The fraction of sp³-hybridized carbons (Fsp3) is 0.459. The molecule has 2 fully saturated rings. The molecule has 2 heterocycles. The van der Waals surface area contributed by atoms with E-state index in [0.717, 1.165) is 25.2 Å². The van der Waals surface area contributed by atoms with Crippen molar-refractivity contribution in [2.75, 3.05) is 6.54 Å². The molecule has 2 aliphatic heterocycles. The maximum atomic E-state index is 13.1. The summed E-state index contributed by atoms with van der Waals surface area (Å²) in [6.45, 7) is 5.25. The van der Waals surface area contributed by atoms with Crippen molar-refractivity contribution in [3.8, 4) is 0 Å². The standard InChI is InChI=1S/C36H45N3O.CH2O2/c1-36(2,25-32(27-11-5-3-6-12-27)28-13-7-4-8-14-28)38-35(40)37-29-19-17-26(18-20-29)23-24-39-33-21-22-34(39)31-16-10-9-15-30(31)33;2-1-3/h3-16,26,29,32-34H,17-25H2,1-2H3,(H2,37,38,40);1H,(H,2,3). The lowest BCUT2D eigenvalue weighted by atomic mass is 9.81. The van der Waals surface area contributed by atoms with Gasteiger partial charge in [0.05, 0.1) is 0 Å². The second kappa shape index (κ2) is 14.2. The summed E-state index contributed by atoms with van der Waals surface area (Å²) in [6, 6.07) is 31.9. The third-order valence-corrected chi connectivity index (χ3v) is 9.78. The van der Waals surface area contributed by atoms with Crippen molar-refractivity contribution in [1.82, 2.24) is 15.5 Å². The van der Waals surface area contributed by atoms with Crippen molar-refractivity contribution in [2.24, 2.45) is 5.92 Å². The van der Waals surface area contributed by atoms with Gasteiger partial charge in [-0.2, -0.15) is 0 Å². The molecule has 6 rings (SSSR count). The highest BCUT2D eigenvalue weighted by molar-refractivity contribution is 5.75. The van der Waals surface area contributed by atoms with E-state index >= 15 is 0 Å². The zero-order valence-electron chi connectivity index (χ0n) is 25.6. The molecule has 1 saturated carbocycles. The summed E-state index contributed by atoms with van der Waals surface area (Å²) < 4.78 is 0. The molecule has 43 heavy (non-hydrogen) atoms. The van der Waals surface area contributed by atoms with Crippen LogP contribution in [0.4, 0.5) is 4.79 Å². The number of carbonyl (C=O) groups is 2. The van der Waals surface area contributed by atoms with Crippen molar-refractivity contribution in [3.05, 3.63) is 107 Å². The number of fused-ring (bicyclic) bond motifs is 5. The van der Waals surface area contributed by atoms with Crippen LogP contribution in [0.2, 0.25) is 0 Å². The van der Waals surface area contributed by atoms with Crippen LogP contribution in [0.15, 0.2) is 84.9 Å². The molecule has 2 bridgehead atoms. The van der Waals surface area contributed by atoms with Crippen molar-refractivity contribution < 1.29 is 14.7 Å². The van der Waals surface area contributed by atoms with Gasteiger partial charge in [0.2, 0.25) is 0 Å². The fourth-order valence-corrected chi connectivity index (χ4v) is 7.78. The number of nitrogens with one attached hydrogen (secondary N) is 2. The summed E-state index contributed by atoms with van der Waals surface area (Å²) in [6.07, 6.45) is 9.37. The second-order valence-corrected chi connectivity index (χ2v) is 13.1. The average molecular weight is 582 g/mol. The lowest BCUT2D eigenvalue weighted by Crippen LogP contribution is -2.52. The third-order valence-electron chi connectivity index (χ3n) is 9.78. The minimum atomic E-state index is -0.343. The van der Waals surface area contributed by atoms with Crippen LogP contribution in [-0.2, 0) is 4.79 Å². The first-order valence-corrected chi connectivity index (χ1v) is 16.0. The fourth-order valence-electron chi connectivity index (χ4n) is 7.78. The van der Waals surface area contributed by atoms with Gasteiger partial charge in [0, 0.05) is 29.6 Å². The number of benzene rings is 3. The number of hydrogen-bond donors (Lipinski definition) is 3. The lowest BCUT2D eigenvalue weighted by molar-refractivity contribution is -0.122. The van der Waals surface area contributed by atoms with Crippen LogP contribution in [-0.4, -0.2) is 40.6 Å². The summed E-state index contributed by atoms with van der Waals surface area (Å²) in [5.74, 6) is 1.00. The summed E-state index contributed by atoms with van der Waals surface area (Å²) in [5.41, 5.74) is 5.39. The SMILES string of the molecule is CC(C)(CC(c1ccccc1)c1ccccc1)NC(=O)NC1CCC(CCN2C3CCC2c2ccccc23)CC1.O=CO. The largest absolute Gasteiger partial charge is 0.483 e. The molecule has 1 saturated heterocycles. The number of rotatable bonds is 9. The van der Waals surface area contributed by atoms with E-state index in [0.29, 0.717) is 12.1 Å². The van der Waals surface area contributed by atoms with Crippen LogP contribution in [0.1, 0.15) is 105 Å². The highest BCUT2D eigenvalue weighted by atomic mass is 16.3. The Morgan fingerprint density at radius 3 is 1.84 bits per heavy atom. The van der Waals surface area contributed by atoms with E-state index < -0.39 is 0 Å². The first-order chi connectivity index (χ1) is 20.9. The number of amides is 2. The molecule has 0 radical (unpaired) electrons. The molecule has 6 nitrogen and oxygen atoms in total. The molecule has 3 aliphatic rings. The van der Waals surface area contributed by atoms with E-state index in [1.807, 2.05) is 0 Å². The Labute approximate surface area is 256 Å². The number of carboxylic acid groups (broad SMARTS) is 1. The first kappa shape index (κ1) is 30.8. The van der Waals surface area contributed by atoms with E-state index in [4.69, 9.17) is 9.90 Å². The van der Waals surface area contributed by atoms with Crippen LogP contribution in [0, 0.1) is 5.92 Å². The average Bonchev–Trinajstić information content (AvgIpc) is 3.57. The van der Waals surface area contributed by atoms with Crippen molar-refractivity contribution in [1.29, 1.82) is 0 Å². The van der Waals surface area contributed by atoms with Gasteiger partial charge in [-0.1, -0.05) is 84.9 Å². The molecular formula is C37H47N3O3. The van der Waals surface area contributed by atoms with Gasteiger partial charge in [0.15, 0.2) is 0 Å². The van der Waals surface area contributed by atoms with Gasteiger partial charge in [0.25, 0.3) is 6.47 Å². The predicted octanol–water partition coefficient (Wildman–Crippen LogP) is 7.83. The molecule has 1 aliphatic carbocycles. The van der Waals surface area contributed by atoms with Gasteiger partial charge >= 0.3 is 6.03 Å². The maximum absolute atomic E-state index is 13.1. The summed E-state index contributed by atoms with van der Waals surface area (Å²) in [7, 11) is 0. The second-order valence-electron chi connectivity index (χ2n) is 13.1. The summed E-state index contributed by atoms with van der Waals surface area (Å²) >= 11 is 0. The molecule has 3 N–H and O–H groups in total. The number of urea groups is 1. The van der Waals surface area contributed by atoms with Crippen LogP contribution >= 0.6 is 0 Å². The molecule has 0 spiro atoms. The zero-order valence-corrected chi connectivity index (χ0v) is 25.6. The lowest BCUT2D eigenvalue weighted by Gasteiger charge is -2.34. The highest BCUT2D eigenvalue weighted by Crippen LogP contribution is 2.53. The number of hydrogen-bond acceptors (Lipinski definition) is 3. The first-order valence-electron chi connectivity index (χ1n) is 16.0. The monoisotopic (exact) mass is 581 g/mol. The zero-order chi connectivity index (χ0) is 30.2. The van der Waals surface area contributed by atoms with Crippen LogP contribution in [0.5, 0.6) is 0 Å². The number of nitrogens with zero attached hydrogens (tertiary/aromatic N) is 1. The minimum absolute atomic E-state index is 0.0280. The maximum Gasteiger partial charge on any atom is 0.315 e. The molecular weight excluding hydrogens is 534 g/mol. The van der Waals surface area contributed by atoms with Crippen LogP contribution < -0.4 is 10.6 Å². The smallest absolute Gasteiger partial charge is 0.315 e. The highest BCUT2D eigenvalue weighted by Gasteiger charge is 2.43. The predicted molar refractivity (Wildman–Crippen MR) is 172 cm³/mol. The van der Waals surface area contributed by atoms with Crippen molar-refractivity contribution in [3.63, 3.8) is 0 Å². The van der Waals surface area contributed by atoms with E-state index in [9.17, 15) is 4.79 Å². The van der Waals surface area contributed by atoms with E-state index in [-0.39, 0.29) is 30.0 Å². The topological polar surface area (TPSA) is 81.7 Å². The Morgan fingerprint density at radius 1 is 0.837 bits per heavy atom. The Morgan fingerprint density at radius 2 is 1.33 bits per heavy atom. The summed E-state index contributed by atoms with van der Waals surface area (Å²) in [4.78, 5) is 24.3. The number of carbonyl (C=O) groups excluding carboxylic acids is 1. The van der Waals surface area contributed by atoms with Gasteiger partial charge in [-0.3, -0.25) is 9.69 Å². The molecule has 0 aromatic heterocycles. The Bertz CT molecular complexity index is 1250. The molecule has 2 atom stereocenters. The van der Waals surface area contributed by atoms with E-state index in [2.05, 4.69) is 114 Å². The minimum Gasteiger partial charge on any atom is -0.483 e. The van der Waals surface area contributed by atoms with Crippen molar-refractivity contribution >= 4 is 12.5 Å². The van der Waals surface area contributed by atoms with E-state index in [1.54, 1.807) is 11.1 Å².